The Kier molecular flexibility index (Phi) is 6.91. The molecule has 1 aromatic carbocycles. The Balaban J connectivity index is 1.36. The quantitative estimate of drug-likeness (QED) is 0.454. The number of anilines is 1. The molecule has 214 valence electrons. The van der Waals surface area contributed by atoms with E-state index in [1.54, 1.807) is 6.92 Å². The molecule has 0 unspecified atom stereocenters. The normalized spacial score (nSPS) is 21.6. The average molecular weight is 569 g/mol. The monoisotopic (exact) mass is 568 g/mol. The van der Waals surface area contributed by atoms with Gasteiger partial charge in [-0.25, -0.2) is 22.7 Å². The zero-order chi connectivity index (χ0) is 29.0. The molecule has 0 spiro atoms. The molecule has 2 fully saturated rings. The number of carbonyl (C=O) groups excluding carboxylic acids is 2. The summed E-state index contributed by atoms with van der Waals surface area (Å²) in [5.74, 6) is -4.86. The van der Waals surface area contributed by atoms with Gasteiger partial charge >= 0.3 is 6.18 Å². The van der Waals surface area contributed by atoms with Crippen LogP contribution in [-0.2, 0) is 11.0 Å². The summed E-state index contributed by atoms with van der Waals surface area (Å²) in [6, 6.07) is 4.26. The molecule has 1 aliphatic heterocycles. The van der Waals surface area contributed by atoms with Crippen LogP contribution >= 0.6 is 0 Å². The minimum atomic E-state index is -4.74. The van der Waals surface area contributed by atoms with Crippen molar-refractivity contribution in [3.63, 3.8) is 0 Å². The van der Waals surface area contributed by atoms with Gasteiger partial charge in [-0.05, 0) is 37.5 Å². The van der Waals surface area contributed by atoms with Crippen molar-refractivity contribution in [1.29, 1.82) is 0 Å². The van der Waals surface area contributed by atoms with Gasteiger partial charge in [0.05, 0.1) is 23.8 Å². The van der Waals surface area contributed by atoms with Crippen molar-refractivity contribution in [1.82, 2.24) is 24.8 Å². The number of carbonyl (C=O) groups is 2. The minimum absolute atomic E-state index is 0.0172. The Morgan fingerprint density at radius 3 is 2.50 bits per heavy atom. The second-order valence-electron chi connectivity index (χ2n) is 10.3. The predicted molar refractivity (Wildman–Crippen MR) is 132 cm³/mol. The summed E-state index contributed by atoms with van der Waals surface area (Å²) in [5, 5.41) is 6.49. The molecule has 2 atom stereocenters. The third kappa shape index (κ3) is 5.18. The molecule has 3 aromatic rings. The zero-order valence-electron chi connectivity index (χ0n) is 21.3. The average Bonchev–Trinajstić information content (AvgIpc) is 3.46. The maximum Gasteiger partial charge on any atom is 0.418 e. The summed E-state index contributed by atoms with van der Waals surface area (Å²) in [6.45, 7) is 1.23. The zero-order valence-corrected chi connectivity index (χ0v) is 21.3. The summed E-state index contributed by atoms with van der Waals surface area (Å²) in [6.07, 6.45) is -6.07. The molecule has 0 radical (unpaired) electrons. The van der Waals surface area contributed by atoms with Crippen molar-refractivity contribution in [3.8, 4) is 11.3 Å². The smallest absolute Gasteiger partial charge is 0.382 e. The first-order valence-electron chi connectivity index (χ1n) is 12.7. The Labute approximate surface area is 224 Å². The fourth-order valence-corrected chi connectivity index (χ4v) is 5.39. The van der Waals surface area contributed by atoms with Crippen LogP contribution in [0.5, 0.6) is 0 Å². The Morgan fingerprint density at radius 2 is 1.82 bits per heavy atom. The van der Waals surface area contributed by atoms with Crippen molar-refractivity contribution in [2.45, 2.75) is 56.9 Å². The molecule has 40 heavy (non-hydrogen) atoms. The van der Waals surface area contributed by atoms with E-state index >= 15 is 0 Å². The van der Waals surface area contributed by atoms with Crippen molar-refractivity contribution in [2.24, 2.45) is 5.92 Å². The molecular weight excluding hydrogens is 542 g/mol. The lowest BCUT2D eigenvalue weighted by Crippen LogP contribution is -2.43. The van der Waals surface area contributed by atoms with Crippen LogP contribution in [0.25, 0.3) is 16.8 Å². The fraction of sp³-hybridized carbons (Fsp3) is 0.462. The van der Waals surface area contributed by atoms with Crippen LogP contribution in [0.3, 0.4) is 0 Å². The molecule has 14 heteroatoms. The van der Waals surface area contributed by atoms with Gasteiger partial charge in [0.2, 0.25) is 11.8 Å². The van der Waals surface area contributed by atoms with E-state index in [2.05, 4.69) is 15.4 Å². The summed E-state index contributed by atoms with van der Waals surface area (Å²) >= 11 is 0. The number of likely N-dealkylation sites (tertiary alicyclic amines) is 1. The molecule has 1 saturated heterocycles. The number of alkyl halides is 6. The molecule has 0 bridgehead atoms. The van der Waals surface area contributed by atoms with Gasteiger partial charge in [-0.1, -0.05) is 12.1 Å². The van der Waals surface area contributed by atoms with Crippen LogP contribution in [-0.4, -0.2) is 62.5 Å². The number of nitrogens with one attached hydrogen (secondary N) is 1. The highest BCUT2D eigenvalue weighted by molar-refractivity contribution is 5.97. The van der Waals surface area contributed by atoms with Gasteiger partial charge in [0.1, 0.15) is 18.0 Å². The summed E-state index contributed by atoms with van der Waals surface area (Å²) in [5.41, 5.74) is 5.08. The first kappa shape index (κ1) is 27.7. The molecule has 1 aliphatic carbocycles. The first-order valence-corrected chi connectivity index (χ1v) is 12.7. The van der Waals surface area contributed by atoms with Gasteiger partial charge < -0.3 is 16.0 Å². The summed E-state index contributed by atoms with van der Waals surface area (Å²) in [4.78, 5) is 30.9. The molecule has 2 aliphatic rings. The van der Waals surface area contributed by atoms with Gasteiger partial charge in [-0.15, -0.1) is 0 Å². The number of nitrogens with zero attached hydrogens (tertiary/aromatic N) is 4. The summed E-state index contributed by atoms with van der Waals surface area (Å²) in [7, 11) is 0. The highest BCUT2D eigenvalue weighted by atomic mass is 19.4. The lowest BCUT2D eigenvalue weighted by atomic mass is 9.86. The first-order chi connectivity index (χ1) is 18.7. The van der Waals surface area contributed by atoms with Crippen molar-refractivity contribution in [2.75, 3.05) is 18.8 Å². The number of benzene rings is 1. The number of nitrogen functional groups attached to an aromatic ring is 1. The maximum atomic E-state index is 14.9. The van der Waals surface area contributed by atoms with Gasteiger partial charge in [0.15, 0.2) is 5.82 Å². The highest BCUT2D eigenvalue weighted by Crippen LogP contribution is 2.39. The topological polar surface area (TPSA) is 106 Å². The van der Waals surface area contributed by atoms with E-state index in [0.29, 0.717) is 5.56 Å². The van der Waals surface area contributed by atoms with Gasteiger partial charge in [-0.3, -0.25) is 9.59 Å². The third-order valence-electron chi connectivity index (χ3n) is 7.61. The number of halogens is 6. The number of nitrogens with two attached hydrogens (primary N) is 1. The third-order valence-corrected chi connectivity index (χ3v) is 7.61. The number of fused-ring (bicyclic) bond motifs is 1. The number of rotatable bonds is 4. The number of aromatic nitrogens is 3. The van der Waals surface area contributed by atoms with E-state index in [1.807, 2.05) is 0 Å². The van der Waals surface area contributed by atoms with Crippen molar-refractivity contribution in [3.05, 3.63) is 47.3 Å². The lowest BCUT2D eigenvalue weighted by Gasteiger charge is -2.30. The summed E-state index contributed by atoms with van der Waals surface area (Å²) < 4.78 is 84.0. The predicted octanol–water partition coefficient (Wildman–Crippen LogP) is 4.41. The van der Waals surface area contributed by atoms with Crippen LogP contribution in [0.4, 0.5) is 32.2 Å². The standard InChI is InChI=1S/C26H26F6N6O2/c1-13-2-3-15(20-9-17(26(30,31)32)21-22(33)34-12-35-38(20)21)8-16(13)23(39)36-19-11-37(10-18(19)27)24(40)14-4-6-25(28,29)7-5-14/h2-3,8-9,12,14,18-19H,4-7,10-11H2,1H3,(H,36,39)(H2,33,34,35)/t18-,19+/m0/s1. The van der Waals surface area contributed by atoms with E-state index in [-0.39, 0.29) is 48.6 Å². The van der Waals surface area contributed by atoms with Gasteiger partial charge in [0, 0.05) is 36.4 Å². The van der Waals surface area contributed by atoms with Gasteiger partial charge in [0.25, 0.3) is 5.91 Å². The fourth-order valence-electron chi connectivity index (χ4n) is 5.39. The van der Waals surface area contributed by atoms with Crippen LogP contribution in [0, 0.1) is 12.8 Å². The minimum Gasteiger partial charge on any atom is -0.382 e. The molecule has 2 aromatic heterocycles. The van der Waals surface area contributed by atoms with E-state index in [4.69, 9.17) is 5.73 Å². The molecule has 8 nitrogen and oxygen atoms in total. The molecule has 3 N–H and O–H groups in total. The molecule has 1 saturated carbocycles. The number of amides is 2. The van der Waals surface area contributed by atoms with Crippen LogP contribution < -0.4 is 11.1 Å². The molecule has 3 heterocycles. The number of hydrogen-bond acceptors (Lipinski definition) is 5. The van der Waals surface area contributed by atoms with E-state index in [1.165, 1.54) is 23.1 Å². The second-order valence-corrected chi connectivity index (χ2v) is 10.3. The highest BCUT2D eigenvalue weighted by Gasteiger charge is 2.43. The maximum absolute atomic E-state index is 14.9. The lowest BCUT2D eigenvalue weighted by molar-refractivity contribution is -0.139. The second kappa shape index (κ2) is 9.97. The van der Waals surface area contributed by atoms with Crippen molar-refractivity contribution < 1.29 is 35.9 Å². The number of hydrogen-bond donors (Lipinski definition) is 2. The molecule has 5 rings (SSSR count). The Hall–Kier alpha value is -3.84. The largest absolute Gasteiger partial charge is 0.418 e. The number of aryl methyl sites for hydroxylation is 1. The molecular formula is C26H26F6N6O2. The van der Waals surface area contributed by atoms with Crippen LogP contribution in [0.2, 0.25) is 0 Å². The van der Waals surface area contributed by atoms with Crippen molar-refractivity contribution >= 4 is 23.1 Å². The van der Waals surface area contributed by atoms with E-state index in [9.17, 15) is 35.9 Å². The van der Waals surface area contributed by atoms with E-state index in [0.717, 1.165) is 16.9 Å². The molecule has 2 amide bonds. The van der Waals surface area contributed by atoms with E-state index < -0.39 is 66.0 Å². The SMILES string of the molecule is Cc1ccc(-c2cc(C(F)(F)F)c3c(N)ncnn23)cc1C(=O)N[C@@H]1CN(C(=O)C2CCC(F)(F)CC2)C[C@@H]1F. The Morgan fingerprint density at radius 1 is 1.12 bits per heavy atom. The van der Waals surface area contributed by atoms with Crippen LogP contribution in [0.15, 0.2) is 30.6 Å². The van der Waals surface area contributed by atoms with Crippen LogP contribution in [0.1, 0.15) is 47.2 Å². The van der Waals surface area contributed by atoms with Gasteiger partial charge in [-0.2, -0.15) is 18.3 Å². The Bertz CT molecular complexity index is 1460.